The van der Waals surface area contributed by atoms with Gasteiger partial charge in [-0.05, 0) is 57.5 Å². The number of ether oxygens (including phenoxy) is 3. The molecule has 0 aliphatic carbocycles. The third kappa shape index (κ3) is 4.88. The standard InChI is InChI=1S/C28H33N7O4/c1-18-13-19(9-11-30-18)21-7-8-22-25(31-21)35(28(16-29)10-12-34(22)17-28)26(36)33-23-5-4-6-24(32-23)37-14-20-15-38-27(2,3)39-20/h4-9,11,13,20H,10,12,14-17,29H2,1-3H3,(H,32,33,36)/t20-,28?/m1/s1. The highest BCUT2D eigenvalue weighted by atomic mass is 16.7. The number of pyridine rings is 3. The van der Waals surface area contributed by atoms with Crippen LogP contribution < -0.4 is 25.6 Å². The molecule has 3 aliphatic heterocycles. The first-order valence-electron chi connectivity index (χ1n) is 13.2. The van der Waals surface area contributed by atoms with E-state index in [1.54, 1.807) is 29.3 Å². The second-order valence-corrected chi connectivity index (χ2v) is 10.7. The lowest BCUT2D eigenvalue weighted by molar-refractivity contribution is -0.141. The van der Waals surface area contributed by atoms with Crippen molar-refractivity contribution < 1.29 is 19.0 Å². The summed E-state index contributed by atoms with van der Waals surface area (Å²) in [6.07, 6.45) is 2.31. The van der Waals surface area contributed by atoms with Crippen LogP contribution in [0.3, 0.4) is 0 Å². The van der Waals surface area contributed by atoms with Crippen molar-refractivity contribution in [1.29, 1.82) is 0 Å². The molecule has 0 saturated carbocycles. The minimum absolute atomic E-state index is 0.191. The summed E-state index contributed by atoms with van der Waals surface area (Å²) in [5.74, 6) is 0.716. The molecule has 0 radical (unpaired) electrons. The number of carbonyl (C=O) groups is 1. The lowest BCUT2D eigenvalue weighted by Gasteiger charge is -2.44. The maximum absolute atomic E-state index is 13.9. The number of rotatable bonds is 6. The zero-order valence-corrected chi connectivity index (χ0v) is 22.4. The Bertz CT molecular complexity index is 1400. The predicted molar refractivity (Wildman–Crippen MR) is 147 cm³/mol. The van der Waals surface area contributed by atoms with Gasteiger partial charge in [0, 0.05) is 43.2 Å². The maximum atomic E-state index is 13.9. The number of nitrogens with two attached hydrogens (primary N) is 1. The molecule has 3 aromatic heterocycles. The second-order valence-electron chi connectivity index (χ2n) is 10.7. The Labute approximate surface area is 227 Å². The largest absolute Gasteiger partial charge is 0.475 e. The summed E-state index contributed by atoms with van der Waals surface area (Å²) >= 11 is 0. The Morgan fingerprint density at radius 1 is 1.23 bits per heavy atom. The number of nitrogens with one attached hydrogen (secondary N) is 1. The molecule has 0 spiro atoms. The molecule has 2 atom stereocenters. The molecule has 2 saturated heterocycles. The summed E-state index contributed by atoms with van der Waals surface area (Å²) in [5, 5.41) is 2.96. The topological polar surface area (TPSA) is 128 Å². The van der Waals surface area contributed by atoms with E-state index in [4.69, 9.17) is 24.9 Å². The van der Waals surface area contributed by atoms with Crippen molar-refractivity contribution in [3.8, 4) is 17.1 Å². The molecule has 11 nitrogen and oxygen atoms in total. The minimum Gasteiger partial charge on any atom is -0.475 e. The average molecular weight is 532 g/mol. The fraction of sp³-hybridized carbons (Fsp3) is 0.429. The predicted octanol–water partition coefficient (Wildman–Crippen LogP) is 3.34. The highest BCUT2D eigenvalue weighted by Crippen LogP contribution is 2.45. The van der Waals surface area contributed by atoms with E-state index in [0.717, 1.165) is 35.6 Å². The van der Waals surface area contributed by atoms with E-state index in [0.29, 0.717) is 43.8 Å². The monoisotopic (exact) mass is 531 g/mol. The molecule has 204 valence electrons. The lowest BCUT2D eigenvalue weighted by Crippen LogP contribution is -2.62. The quantitative estimate of drug-likeness (QED) is 0.492. The number of aromatic nitrogens is 3. The number of carbonyl (C=O) groups excluding carboxylic acids is 1. The van der Waals surface area contributed by atoms with E-state index in [9.17, 15) is 4.79 Å². The van der Waals surface area contributed by atoms with Crippen LogP contribution in [0.2, 0.25) is 0 Å². The van der Waals surface area contributed by atoms with Crippen molar-refractivity contribution in [2.45, 2.75) is 44.6 Å². The van der Waals surface area contributed by atoms with Gasteiger partial charge in [0.1, 0.15) is 18.5 Å². The summed E-state index contributed by atoms with van der Waals surface area (Å²) in [6, 6.07) is 12.8. The zero-order chi connectivity index (χ0) is 27.2. The molecule has 2 fully saturated rings. The van der Waals surface area contributed by atoms with Gasteiger partial charge >= 0.3 is 6.03 Å². The molecular weight excluding hydrogens is 498 g/mol. The average Bonchev–Trinajstić information content (AvgIpc) is 3.48. The van der Waals surface area contributed by atoms with Gasteiger partial charge in [-0.1, -0.05) is 6.07 Å². The SMILES string of the molecule is Cc1cc(-c2ccc3c(n2)N(C(=O)Nc2cccc(OC[C@@H]4COC(C)(C)O4)n2)C2(CN)CCN3C2)ccn1. The summed E-state index contributed by atoms with van der Waals surface area (Å²) in [5.41, 5.74) is 9.26. The van der Waals surface area contributed by atoms with Crippen LogP contribution in [0.25, 0.3) is 11.3 Å². The number of urea groups is 1. The molecule has 11 heteroatoms. The Balaban J connectivity index is 1.26. The van der Waals surface area contributed by atoms with Crippen LogP contribution in [0.4, 0.5) is 22.1 Å². The van der Waals surface area contributed by atoms with Crippen LogP contribution in [-0.2, 0) is 9.47 Å². The van der Waals surface area contributed by atoms with Crippen LogP contribution >= 0.6 is 0 Å². The van der Waals surface area contributed by atoms with Crippen LogP contribution in [0, 0.1) is 6.92 Å². The van der Waals surface area contributed by atoms with Crippen LogP contribution in [-0.4, -0.2) is 71.3 Å². The Kier molecular flexibility index (Phi) is 6.37. The van der Waals surface area contributed by atoms with Gasteiger partial charge in [0.15, 0.2) is 11.6 Å². The summed E-state index contributed by atoms with van der Waals surface area (Å²) in [7, 11) is 0. The van der Waals surface area contributed by atoms with Gasteiger partial charge in [0.2, 0.25) is 5.88 Å². The fourth-order valence-electron chi connectivity index (χ4n) is 5.51. The second kappa shape index (κ2) is 9.74. The van der Waals surface area contributed by atoms with E-state index in [2.05, 4.69) is 20.2 Å². The maximum Gasteiger partial charge on any atom is 0.329 e. The van der Waals surface area contributed by atoms with Crippen molar-refractivity contribution in [2.75, 3.05) is 48.0 Å². The molecule has 3 aromatic rings. The van der Waals surface area contributed by atoms with Gasteiger partial charge in [-0.2, -0.15) is 4.98 Å². The normalized spacial score (nSPS) is 23.0. The number of nitrogens with zero attached hydrogens (tertiary/aromatic N) is 5. The molecular formula is C28H33N7O4. The van der Waals surface area contributed by atoms with Crippen molar-refractivity contribution >= 4 is 23.4 Å². The number of anilines is 3. The third-order valence-corrected chi connectivity index (χ3v) is 7.43. The number of fused-ring (bicyclic) bond motifs is 4. The fourth-order valence-corrected chi connectivity index (χ4v) is 5.51. The van der Waals surface area contributed by atoms with Gasteiger partial charge in [-0.25, -0.2) is 9.78 Å². The highest BCUT2D eigenvalue weighted by Gasteiger charge is 2.51. The first kappa shape index (κ1) is 25.5. The Hall–Kier alpha value is -3.80. The molecule has 1 unspecified atom stereocenters. The number of hydrogen-bond acceptors (Lipinski definition) is 9. The van der Waals surface area contributed by atoms with E-state index in [1.807, 2.05) is 45.0 Å². The van der Waals surface area contributed by atoms with Crippen LogP contribution in [0.15, 0.2) is 48.7 Å². The van der Waals surface area contributed by atoms with Crippen molar-refractivity contribution in [2.24, 2.45) is 5.73 Å². The van der Waals surface area contributed by atoms with E-state index < -0.39 is 11.3 Å². The van der Waals surface area contributed by atoms with Gasteiger partial charge < -0.3 is 24.8 Å². The highest BCUT2D eigenvalue weighted by molar-refractivity contribution is 6.05. The van der Waals surface area contributed by atoms with E-state index in [-0.39, 0.29) is 12.1 Å². The third-order valence-electron chi connectivity index (χ3n) is 7.43. The molecule has 3 N–H and O–H groups in total. The minimum atomic E-state index is -0.624. The molecule has 3 aliphatic rings. The molecule has 2 amide bonds. The van der Waals surface area contributed by atoms with E-state index in [1.165, 1.54) is 0 Å². The van der Waals surface area contributed by atoms with Crippen molar-refractivity contribution in [1.82, 2.24) is 15.0 Å². The lowest BCUT2D eigenvalue weighted by atomic mass is 9.94. The van der Waals surface area contributed by atoms with Gasteiger partial charge in [0.25, 0.3) is 0 Å². The zero-order valence-electron chi connectivity index (χ0n) is 22.4. The van der Waals surface area contributed by atoms with Gasteiger partial charge in [0.05, 0.1) is 23.5 Å². The number of aryl methyl sites for hydroxylation is 1. The first-order chi connectivity index (χ1) is 18.7. The summed E-state index contributed by atoms with van der Waals surface area (Å²) in [4.78, 5) is 31.7. The van der Waals surface area contributed by atoms with Crippen molar-refractivity contribution in [3.63, 3.8) is 0 Å². The van der Waals surface area contributed by atoms with E-state index >= 15 is 0 Å². The molecule has 0 aromatic carbocycles. The summed E-state index contributed by atoms with van der Waals surface area (Å²) in [6.45, 7) is 8.18. The molecule has 39 heavy (non-hydrogen) atoms. The molecule has 6 rings (SSSR count). The number of hydrogen-bond donors (Lipinski definition) is 2. The number of amides is 2. The Morgan fingerprint density at radius 3 is 2.87 bits per heavy atom. The smallest absolute Gasteiger partial charge is 0.329 e. The van der Waals surface area contributed by atoms with Gasteiger partial charge in [-0.3, -0.25) is 15.2 Å². The Morgan fingerprint density at radius 2 is 2.10 bits per heavy atom. The molecule has 6 heterocycles. The van der Waals surface area contributed by atoms with Gasteiger partial charge in [-0.15, -0.1) is 0 Å². The molecule has 2 bridgehead atoms. The first-order valence-corrected chi connectivity index (χ1v) is 13.2. The summed E-state index contributed by atoms with van der Waals surface area (Å²) < 4.78 is 17.2. The van der Waals surface area contributed by atoms with Crippen LogP contribution in [0.5, 0.6) is 5.88 Å². The van der Waals surface area contributed by atoms with Crippen molar-refractivity contribution in [3.05, 3.63) is 54.4 Å². The van der Waals surface area contributed by atoms with Crippen LogP contribution in [0.1, 0.15) is 26.0 Å².